The lowest BCUT2D eigenvalue weighted by molar-refractivity contribution is 0.111. The second-order valence-electron chi connectivity index (χ2n) is 3.60. The van der Waals surface area contributed by atoms with Gasteiger partial charge in [0, 0.05) is 0 Å². The van der Waals surface area contributed by atoms with Crippen LogP contribution in [0.5, 0.6) is 0 Å². The van der Waals surface area contributed by atoms with Crippen molar-refractivity contribution in [3.63, 3.8) is 0 Å². The molecule has 0 saturated carbocycles. The molecule has 1 fully saturated rings. The summed E-state index contributed by atoms with van der Waals surface area (Å²) in [5.41, 5.74) is 0. The molecule has 0 unspecified atom stereocenters. The topological polar surface area (TPSA) is 33.0 Å². The normalized spacial score (nSPS) is 39.2. The van der Waals surface area contributed by atoms with Crippen LogP contribution in [0.15, 0.2) is 11.0 Å². The van der Waals surface area contributed by atoms with Gasteiger partial charge in [0.25, 0.3) is 0 Å². The van der Waals surface area contributed by atoms with Crippen LogP contribution in [-0.4, -0.2) is 12.2 Å². The lowest BCUT2D eigenvalue weighted by Gasteiger charge is -2.43. The van der Waals surface area contributed by atoms with E-state index in [2.05, 4.69) is 4.74 Å². The van der Waals surface area contributed by atoms with Gasteiger partial charge >= 0.3 is 10.2 Å². The van der Waals surface area contributed by atoms with Gasteiger partial charge in [-0.2, -0.15) is 5.26 Å². The Morgan fingerprint density at radius 1 is 1.33 bits per heavy atom. The van der Waals surface area contributed by atoms with Crippen molar-refractivity contribution in [2.24, 2.45) is 5.92 Å². The number of fused-ring (bicyclic) bond motifs is 2. The first-order valence-electron chi connectivity index (χ1n) is 4.02. The van der Waals surface area contributed by atoms with Gasteiger partial charge in [0.1, 0.15) is 4.91 Å². The van der Waals surface area contributed by atoms with Crippen molar-refractivity contribution < 1.29 is 24.2 Å². The molecule has 0 aromatic heterocycles. The fourth-order valence-corrected chi connectivity index (χ4v) is 2.86. The van der Waals surface area contributed by atoms with E-state index < -0.39 is 33.3 Å². The summed E-state index contributed by atoms with van der Waals surface area (Å²) >= 11 is 0. The zero-order valence-electron chi connectivity index (χ0n) is 7.17. The molecular weight excluding hydrogens is 241 g/mol. The van der Waals surface area contributed by atoms with Crippen LogP contribution in [0.2, 0.25) is 0 Å². The van der Waals surface area contributed by atoms with Crippen LogP contribution in [0, 0.1) is 17.2 Å². The third kappa shape index (κ3) is 1.70. The fourth-order valence-electron chi connectivity index (χ4n) is 1.82. The average Bonchev–Trinajstić information content (AvgIpc) is 2.56. The molecule has 0 N–H and O–H groups in total. The Kier molecular flexibility index (Phi) is 1.53. The van der Waals surface area contributed by atoms with Crippen LogP contribution in [-0.2, 0) is 4.74 Å². The van der Waals surface area contributed by atoms with Gasteiger partial charge < -0.3 is 4.74 Å². The number of nitrogens with zero attached hydrogens (tertiary/aromatic N) is 1. The van der Waals surface area contributed by atoms with Gasteiger partial charge in [0.15, 0.2) is 0 Å². The number of rotatable bonds is 1. The van der Waals surface area contributed by atoms with Crippen LogP contribution in [0.4, 0.5) is 19.4 Å². The Balaban J connectivity index is 2.41. The Bertz CT molecular complexity index is 393. The summed E-state index contributed by atoms with van der Waals surface area (Å²) < 4.78 is 66.5. The number of nitriles is 1. The molecule has 2 rings (SSSR count). The van der Waals surface area contributed by atoms with Crippen molar-refractivity contribution in [1.29, 1.82) is 5.26 Å². The van der Waals surface area contributed by atoms with Crippen LogP contribution in [0.1, 0.15) is 6.42 Å². The molecule has 86 valence electrons. The summed E-state index contributed by atoms with van der Waals surface area (Å²) in [5, 5.41) is 8.49. The highest BCUT2D eigenvalue weighted by Gasteiger charge is 2.71. The standard InChI is InChI=1S/C7H6F5NOS/c8-15(9,10,11,12)7-2-5-4(3-13)1-6(7)14-5/h2,4-6H,1H2/t4-,5+,6+/m0/s1. The predicted octanol–water partition coefficient (Wildman–Crippen LogP) is 3.48. The summed E-state index contributed by atoms with van der Waals surface area (Å²) in [6.07, 6.45) is -2.77. The van der Waals surface area contributed by atoms with Gasteiger partial charge in [-0.3, -0.25) is 0 Å². The van der Waals surface area contributed by atoms with E-state index >= 15 is 0 Å². The molecule has 2 bridgehead atoms. The second-order valence-corrected chi connectivity index (χ2v) is 6.01. The molecule has 0 aliphatic carbocycles. The highest BCUT2D eigenvalue weighted by atomic mass is 32.5. The summed E-state index contributed by atoms with van der Waals surface area (Å²) in [7, 11) is -9.60. The third-order valence-corrected chi connectivity index (χ3v) is 3.73. The van der Waals surface area contributed by atoms with E-state index in [9.17, 15) is 19.4 Å². The molecule has 2 nitrogen and oxygen atoms in total. The van der Waals surface area contributed by atoms with E-state index in [-0.39, 0.29) is 6.42 Å². The average molecular weight is 247 g/mol. The lowest BCUT2D eigenvalue weighted by Crippen LogP contribution is -2.21. The van der Waals surface area contributed by atoms with E-state index in [0.29, 0.717) is 6.08 Å². The first-order chi connectivity index (χ1) is 6.51. The van der Waals surface area contributed by atoms with Gasteiger partial charge in [0.05, 0.1) is 24.2 Å². The smallest absolute Gasteiger partial charge is 0.309 e. The van der Waals surface area contributed by atoms with E-state index in [1.807, 2.05) is 0 Å². The third-order valence-electron chi connectivity index (χ3n) is 2.44. The molecular formula is C7H6F5NOS. The summed E-state index contributed by atoms with van der Waals surface area (Å²) in [6, 6.07) is 1.72. The maximum absolute atomic E-state index is 12.4. The van der Waals surface area contributed by atoms with Gasteiger partial charge in [-0.25, -0.2) is 0 Å². The zero-order valence-corrected chi connectivity index (χ0v) is 7.99. The Hall–Kier alpha value is -0.810. The molecule has 8 heteroatoms. The zero-order chi connectivity index (χ0) is 11.5. The largest absolute Gasteiger partial charge is 0.364 e. The lowest BCUT2D eigenvalue weighted by atomic mass is 9.96. The van der Waals surface area contributed by atoms with Crippen molar-refractivity contribution in [2.75, 3.05) is 0 Å². The van der Waals surface area contributed by atoms with Crippen molar-refractivity contribution in [1.82, 2.24) is 0 Å². The van der Waals surface area contributed by atoms with E-state index in [1.165, 1.54) is 0 Å². The minimum Gasteiger partial charge on any atom is -0.364 e. The predicted molar refractivity (Wildman–Crippen MR) is 43.6 cm³/mol. The highest BCUT2D eigenvalue weighted by molar-refractivity contribution is 8.48. The highest BCUT2D eigenvalue weighted by Crippen LogP contribution is 3.03. The minimum absolute atomic E-state index is 0.307. The van der Waals surface area contributed by atoms with Gasteiger partial charge in [-0.1, -0.05) is 19.4 Å². The summed E-state index contributed by atoms with van der Waals surface area (Å²) in [5.74, 6) is -0.751. The number of halogens is 5. The maximum Gasteiger partial charge on any atom is 0.309 e. The summed E-state index contributed by atoms with van der Waals surface area (Å²) in [6.45, 7) is 0. The quantitative estimate of drug-likeness (QED) is 0.664. The molecule has 1 saturated heterocycles. The Morgan fingerprint density at radius 2 is 1.93 bits per heavy atom. The summed E-state index contributed by atoms with van der Waals surface area (Å²) in [4.78, 5) is -1.87. The first-order valence-corrected chi connectivity index (χ1v) is 5.97. The van der Waals surface area contributed by atoms with Gasteiger partial charge in [-0.05, 0) is 12.5 Å². The molecule has 15 heavy (non-hydrogen) atoms. The molecule has 0 aromatic carbocycles. The monoisotopic (exact) mass is 247 g/mol. The Morgan fingerprint density at radius 3 is 2.27 bits per heavy atom. The van der Waals surface area contributed by atoms with E-state index in [1.54, 1.807) is 6.07 Å². The molecule has 2 aliphatic heterocycles. The second kappa shape index (κ2) is 2.15. The van der Waals surface area contributed by atoms with Crippen LogP contribution in [0.25, 0.3) is 0 Å². The van der Waals surface area contributed by atoms with Crippen molar-refractivity contribution >= 4 is 10.2 Å². The van der Waals surface area contributed by atoms with Crippen molar-refractivity contribution in [3.8, 4) is 6.07 Å². The fraction of sp³-hybridized carbons (Fsp3) is 0.571. The maximum atomic E-state index is 12.4. The molecule has 0 radical (unpaired) electrons. The first kappa shape index (κ1) is 10.7. The molecule has 0 amide bonds. The van der Waals surface area contributed by atoms with Gasteiger partial charge in [0.2, 0.25) is 0 Å². The SMILES string of the molecule is N#C[C@@H]1C[C@H]2O[C@@H]1C=C2S(F)(F)(F)(F)F. The van der Waals surface area contributed by atoms with E-state index in [0.717, 1.165) is 0 Å². The number of ether oxygens (including phenoxy) is 1. The molecule has 0 aromatic rings. The molecule has 0 spiro atoms. The Labute approximate surface area is 82.0 Å². The van der Waals surface area contributed by atoms with E-state index in [4.69, 9.17) is 5.26 Å². The molecule has 3 atom stereocenters. The van der Waals surface area contributed by atoms with Gasteiger partial charge in [-0.15, -0.1) is 0 Å². The minimum atomic E-state index is -9.60. The van der Waals surface area contributed by atoms with Crippen molar-refractivity contribution in [3.05, 3.63) is 11.0 Å². The molecule has 2 aliphatic rings. The molecule has 2 heterocycles. The number of hydrogen-bond acceptors (Lipinski definition) is 2. The number of hydrogen-bond donors (Lipinski definition) is 0. The van der Waals surface area contributed by atoms with Crippen LogP contribution < -0.4 is 0 Å². The van der Waals surface area contributed by atoms with Crippen molar-refractivity contribution in [2.45, 2.75) is 18.6 Å². The van der Waals surface area contributed by atoms with Crippen LogP contribution >= 0.6 is 10.2 Å². The van der Waals surface area contributed by atoms with Crippen LogP contribution in [0.3, 0.4) is 0 Å².